The highest BCUT2D eigenvalue weighted by Crippen LogP contribution is 2.28. The maximum Gasteiger partial charge on any atom is 0.220 e. The summed E-state index contributed by atoms with van der Waals surface area (Å²) in [6.45, 7) is 2.19. The Bertz CT molecular complexity index is 1040. The molecule has 3 aromatic rings. The van der Waals surface area contributed by atoms with Crippen LogP contribution in [0.2, 0.25) is 0 Å². The van der Waals surface area contributed by atoms with Crippen molar-refractivity contribution in [2.24, 2.45) is 0 Å². The van der Waals surface area contributed by atoms with Crippen molar-refractivity contribution in [3.63, 3.8) is 0 Å². The lowest BCUT2D eigenvalue weighted by Gasteiger charge is -2.15. The van der Waals surface area contributed by atoms with E-state index < -0.39 is 0 Å². The zero-order valence-electron chi connectivity index (χ0n) is 16.8. The molecular weight excluding hydrogens is 362 g/mol. The van der Waals surface area contributed by atoms with Gasteiger partial charge in [-0.05, 0) is 53.4 Å². The molecule has 0 saturated heterocycles. The minimum Gasteiger partial charge on any atom is -0.493 e. The van der Waals surface area contributed by atoms with Crippen molar-refractivity contribution in [1.29, 1.82) is 0 Å². The van der Waals surface area contributed by atoms with Crippen LogP contribution in [0.25, 0.3) is 10.8 Å². The van der Waals surface area contributed by atoms with Crippen LogP contribution in [0.4, 0.5) is 0 Å². The Morgan fingerprint density at radius 1 is 1.07 bits per heavy atom. The maximum atomic E-state index is 12.4. The topological polar surface area (TPSA) is 47.6 Å². The van der Waals surface area contributed by atoms with Crippen LogP contribution in [0, 0.1) is 12.3 Å². The number of hydrogen-bond acceptors (Lipinski definition) is 3. The van der Waals surface area contributed by atoms with Gasteiger partial charge in [0.05, 0.1) is 13.2 Å². The van der Waals surface area contributed by atoms with Gasteiger partial charge in [0.1, 0.15) is 6.61 Å². The molecule has 3 aromatic carbocycles. The summed E-state index contributed by atoms with van der Waals surface area (Å²) in [6, 6.07) is 20.1. The normalized spacial score (nSPS) is 11.5. The second kappa shape index (κ2) is 9.66. The molecule has 0 aliphatic rings. The Kier molecular flexibility index (Phi) is 6.76. The molecule has 0 aliphatic carbocycles. The van der Waals surface area contributed by atoms with E-state index in [1.165, 1.54) is 10.8 Å². The van der Waals surface area contributed by atoms with Crippen LogP contribution in [0.15, 0.2) is 60.7 Å². The third-order valence-corrected chi connectivity index (χ3v) is 4.83. The van der Waals surface area contributed by atoms with E-state index in [2.05, 4.69) is 41.6 Å². The monoisotopic (exact) mass is 387 g/mol. The number of carbonyl (C=O) groups excluding carboxylic acids is 1. The molecule has 1 atom stereocenters. The predicted molar refractivity (Wildman–Crippen MR) is 116 cm³/mol. The van der Waals surface area contributed by atoms with Gasteiger partial charge in [-0.25, -0.2) is 0 Å². The van der Waals surface area contributed by atoms with Crippen molar-refractivity contribution in [2.45, 2.75) is 25.8 Å². The number of fused-ring (bicyclic) bond motifs is 1. The van der Waals surface area contributed by atoms with E-state index >= 15 is 0 Å². The summed E-state index contributed by atoms with van der Waals surface area (Å²) in [4.78, 5) is 12.4. The minimum atomic E-state index is -0.0545. The fourth-order valence-corrected chi connectivity index (χ4v) is 3.24. The number of hydrogen-bond donors (Lipinski definition) is 1. The molecule has 4 heteroatoms. The van der Waals surface area contributed by atoms with Crippen LogP contribution >= 0.6 is 0 Å². The highest BCUT2D eigenvalue weighted by atomic mass is 16.5. The SMILES string of the molecule is C#CCOc1ccc(CCC(=O)NC(C)c2ccc3ccccc3c2)cc1OC. The standard InChI is InChI=1S/C25H25NO3/c1-4-15-29-23-13-9-19(16-24(23)28-3)10-14-25(27)26-18(2)21-12-11-20-7-5-6-8-22(20)17-21/h1,5-9,11-13,16-18H,10,14-15H2,2-3H3,(H,26,27). The number of nitrogens with one attached hydrogen (secondary N) is 1. The van der Waals surface area contributed by atoms with Crippen molar-refractivity contribution in [3.8, 4) is 23.8 Å². The largest absolute Gasteiger partial charge is 0.493 e. The molecular formula is C25H25NO3. The van der Waals surface area contributed by atoms with E-state index in [9.17, 15) is 4.79 Å². The van der Waals surface area contributed by atoms with Gasteiger partial charge in [0, 0.05) is 6.42 Å². The molecule has 1 N–H and O–H groups in total. The van der Waals surface area contributed by atoms with Crippen LogP contribution in [-0.2, 0) is 11.2 Å². The molecule has 0 bridgehead atoms. The fourth-order valence-electron chi connectivity index (χ4n) is 3.24. The fraction of sp³-hybridized carbons (Fsp3) is 0.240. The average Bonchev–Trinajstić information content (AvgIpc) is 2.76. The number of methoxy groups -OCH3 is 1. The molecule has 0 radical (unpaired) electrons. The van der Waals surface area contributed by atoms with Crippen molar-refractivity contribution in [3.05, 3.63) is 71.8 Å². The average molecular weight is 387 g/mol. The van der Waals surface area contributed by atoms with Gasteiger partial charge in [0.15, 0.2) is 11.5 Å². The Morgan fingerprint density at radius 2 is 1.86 bits per heavy atom. The van der Waals surface area contributed by atoms with Crippen molar-refractivity contribution in [1.82, 2.24) is 5.32 Å². The summed E-state index contributed by atoms with van der Waals surface area (Å²) < 4.78 is 10.8. The quantitative estimate of drug-likeness (QED) is 0.572. The number of ether oxygens (including phenoxy) is 2. The van der Waals surface area contributed by atoms with E-state index in [-0.39, 0.29) is 18.6 Å². The van der Waals surface area contributed by atoms with Gasteiger partial charge in [0.25, 0.3) is 0 Å². The van der Waals surface area contributed by atoms with Crippen molar-refractivity contribution >= 4 is 16.7 Å². The molecule has 3 rings (SSSR count). The van der Waals surface area contributed by atoms with Crippen LogP contribution < -0.4 is 14.8 Å². The first-order valence-electron chi connectivity index (χ1n) is 9.62. The molecule has 4 nitrogen and oxygen atoms in total. The first-order chi connectivity index (χ1) is 14.1. The van der Waals surface area contributed by atoms with E-state index in [1.54, 1.807) is 7.11 Å². The minimum absolute atomic E-state index is 0.0114. The second-order valence-corrected chi connectivity index (χ2v) is 6.87. The Morgan fingerprint density at radius 3 is 2.62 bits per heavy atom. The Hall–Kier alpha value is -3.45. The molecule has 148 valence electrons. The van der Waals surface area contributed by atoms with Crippen LogP contribution in [0.3, 0.4) is 0 Å². The first-order valence-corrected chi connectivity index (χ1v) is 9.62. The zero-order chi connectivity index (χ0) is 20.6. The molecule has 0 aliphatic heterocycles. The first kappa shape index (κ1) is 20.3. The smallest absolute Gasteiger partial charge is 0.220 e. The Labute approximate surface area is 171 Å². The number of carbonyl (C=O) groups is 1. The van der Waals surface area contributed by atoms with E-state index in [4.69, 9.17) is 15.9 Å². The third kappa shape index (κ3) is 5.30. The van der Waals surface area contributed by atoms with Gasteiger partial charge in [0.2, 0.25) is 5.91 Å². The predicted octanol–water partition coefficient (Wildman–Crippen LogP) is 4.67. The summed E-state index contributed by atoms with van der Waals surface area (Å²) in [5.74, 6) is 3.66. The Balaban J connectivity index is 1.58. The number of rotatable bonds is 8. The van der Waals surface area contributed by atoms with Crippen LogP contribution in [-0.4, -0.2) is 19.6 Å². The molecule has 0 spiro atoms. The number of terminal acetylenes is 1. The highest BCUT2D eigenvalue weighted by molar-refractivity contribution is 5.83. The summed E-state index contributed by atoms with van der Waals surface area (Å²) in [7, 11) is 1.58. The zero-order valence-corrected chi connectivity index (χ0v) is 16.8. The molecule has 0 heterocycles. The van der Waals surface area contributed by atoms with Gasteiger partial charge in [-0.2, -0.15) is 0 Å². The third-order valence-electron chi connectivity index (χ3n) is 4.83. The van der Waals surface area contributed by atoms with Crippen LogP contribution in [0.1, 0.15) is 30.5 Å². The molecule has 0 saturated carbocycles. The van der Waals surface area contributed by atoms with E-state index in [0.717, 1.165) is 11.1 Å². The highest BCUT2D eigenvalue weighted by Gasteiger charge is 2.11. The van der Waals surface area contributed by atoms with Crippen molar-refractivity contribution in [2.75, 3.05) is 13.7 Å². The van der Waals surface area contributed by atoms with Crippen molar-refractivity contribution < 1.29 is 14.3 Å². The molecule has 29 heavy (non-hydrogen) atoms. The van der Waals surface area contributed by atoms with Gasteiger partial charge < -0.3 is 14.8 Å². The van der Waals surface area contributed by atoms with Gasteiger partial charge >= 0.3 is 0 Å². The second-order valence-electron chi connectivity index (χ2n) is 6.87. The van der Waals surface area contributed by atoms with Gasteiger partial charge in [-0.15, -0.1) is 6.42 Å². The lowest BCUT2D eigenvalue weighted by atomic mass is 10.0. The van der Waals surface area contributed by atoms with Crippen LogP contribution in [0.5, 0.6) is 11.5 Å². The number of amides is 1. The molecule has 1 unspecified atom stereocenters. The van der Waals surface area contributed by atoms with E-state index in [0.29, 0.717) is 24.3 Å². The lowest BCUT2D eigenvalue weighted by Crippen LogP contribution is -2.26. The lowest BCUT2D eigenvalue weighted by molar-refractivity contribution is -0.121. The van der Waals surface area contributed by atoms with Gasteiger partial charge in [-0.1, -0.05) is 48.4 Å². The molecule has 1 amide bonds. The number of aryl methyl sites for hydroxylation is 1. The number of benzene rings is 3. The summed E-state index contributed by atoms with van der Waals surface area (Å²) in [5.41, 5.74) is 2.09. The maximum absolute atomic E-state index is 12.4. The summed E-state index contributed by atoms with van der Waals surface area (Å²) in [5, 5.41) is 5.45. The van der Waals surface area contributed by atoms with Gasteiger partial charge in [-0.3, -0.25) is 4.79 Å². The molecule has 0 aromatic heterocycles. The summed E-state index contributed by atoms with van der Waals surface area (Å²) in [6.07, 6.45) is 6.24. The molecule has 0 fully saturated rings. The van der Waals surface area contributed by atoms with E-state index in [1.807, 2.05) is 37.3 Å². The summed E-state index contributed by atoms with van der Waals surface area (Å²) >= 11 is 0.